The maximum atomic E-state index is 13.8. The molecule has 5 heteroatoms. The van der Waals surface area contributed by atoms with Gasteiger partial charge in [-0.3, -0.25) is 4.90 Å². The third-order valence-corrected chi connectivity index (χ3v) is 4.03. The number of aromatic nitrogens is 2. The molecule has 120 valence electrons. The summed E-state index contributed by atoms with van der Waals surface area (Å²) in [5, 5.41) is 9.36. The minimum absolute atomic E-state index is 0.0826. The van der Waals surface area contributed by atoms with Gasteiger partial charge in [-0.05, 0) is 31.2 Å². The number of rotatable bonds is 6. The minimum Gasteiger partial charge on any atom is -0.396 e. The van der Waals surface area contributed by atoms with Crippen LogP contribution >= 0.6 is 0 Å². The summed E-state index contributed by atoms with van der Waals surface area (Å²) in [7, 11) is 1.98. The zero-order valence-electron chi connectivity index (χ0n) is 13.0. The van der Waals surface area contributed by atoms with Crippen molar-refractivity contribution in [1.29, 1.82) is 0 Å². The number of para-hydroxylation sites is 1. The second kappa shape index (κ2) is 6.89. The zero-order valence-corrected chi connectivity index (χ0v) is 13.0. The van der Waals surface area contributed by atoms with Gasteiger partial charge in [-0.25, -0.2) is 9.37 Å². The van der Waals surface area contributed by atoms with Crippen LogP contribution in [0, 0.1) is 5.82 Å². The number of hydrogen-bond acceptors (Lipinski definition) is 3. The SMILES string of the molecule is CN(Cc1nc2c(F)cccc2[nH]1)C(CCO)c1ccccc1. The van der Waals surface area contributed by atoms with Crippen molar-refractivity contribution in [3.8, 4) is 0 Å². The summed E-state index contributed by atoms with van der Waals surface area (Å²) in [6, 6.07) is 15.0. The van der Waals surface area contributed by atoms with Crippen molar-refractivity contribution in [1.82, 2.24) is 14.9 Å². The molecule has 0 amide bonds. The zero-order chi connectivity index (χ0) is 16.2. The van der Waals surface area contributed by atoms with Crippen molar-refractivity contribution >= 4 is 11.0 Å². The number of nitrogens with one attached hydrogen (secondary N) is 1. The Labute approximate surface area is 134 Å². The second-order valence-corrected chi connectivity index (χ2v) is 5.67. The average molecular weight is 313 g/mol. The maximum absolute atomic E-state index is 13.8. The van der Waals surface area contributed by atoms with E-state index in [0.717, 1.165) is 5.56 Å². The Bertz CT molecular complexity index is 772. The first-order valence-corrected chi connectivity index (χ1v) is 7.68. The molecule has 4 nitrogen and oxygen atoms in total. The van der Waals surface area contributed by atoms with Crippen molar-refractivity contribution < 1.29 is 9.50 Å². The Kier molecular flexibility index (Phi) is 4.69. The van der Waals surface area contributed by atoms with Crippen molar-refractivity contribution in [2.45, 2.75) is 19.0 Å². The lowest BCUT2D eigenvalue weighted by molar-refractivity contribution is 0.177. The summed E-state index contributed by atoms with van der Waals surface area (Å²) in [6.45, 7) is 0.659. The number of fused-ring (bicyclic) bond motifs is 1. The van der Waals surface area contributed by atoms with E-state index < -0.39 is 0 Å². The molecule has 2 aromatic carbocycles. The third-order valence-electron chi connectivity index (χ3n) is 4.03. The van der Waals surface area contributed by atoms with Crippen LogP contribution < -0.4 is 0 Å². The normalized spacial score (nSPS) is 12.9. The molecule has 0 aliphatic rings. The Morgan fingerprint density at radius 2 is 1.96 bits per heavy atom. The molecule has 3 rings (SSSR count). The van der Waals surface area contributed by atoms with Gasteiger partial charge in [0.1, 0.15) is 11.3 Å². The molecule has 0 bridgehead atoms. The number of aliphatic hydroxyl groups is 1. The van der Waals surface area contributed by atoms with E-state index in [1.165, 1.54) is 6.07 Å². The Balaban J connectivity index is 1.82. The molecule has 2 N–H and O–H groups in total. The molecule has 0 saturated carbocycles. The van der Waals surface area contributed by atoms with Crippen LogP contribution in [-0.4, -0.2) is 33.6 Å². The van der Waals surface area contributed by atoms with E-state index in [-0.39, 0.29) is 18.5 Å². The lowest BCUT2D eigenvalue weighted by atomic mass is 10.0. The third kappa shape index (κ3) is 3.41. The topological polar surface area (TPSA) is 52.2 Å². The summed E-state index contributed by atoms with van der Waals surface area (Å²) in [4.78, 5) is 9.63. The Hall–Kier alpha value is -2.24. The molecule has 1 aromatic heterocycles. The quantitative estimate of drug-likeness (QED) is 0.734. The summed E-state index contributed by atoms with van der Waals surface area (Å²) < 4.78 is 13.8. The summed E-state index contributed by atoms with van der Waals surface area (Å²) >= 11 is 0. The van der Waals surface area contributed by atoms with Gasteiger partial charge in [-0.1, -0.05) is 36.4 Å². The first-order valence-electron chi connectivity index (χ1n) is 7.68. The molecule has 0 radical (unpaired) electrons. The number of aromatic amines is 1. The van der Waals surface area contributed by atoms with E-state index in [4.69, 9.17) is 0 Å². The van der Waals surface area contributed by atoms with E-state index in [1.54, 1.807) is 6.07 Å². The van der Waals surface area contributed by atoms with Gasteiger partial charge in [-0.2, -0.15) is 0 Å². The predicted molar refractivity (Wildman–Crippen MR) is 88.4 cm³/mol. The summed E-state index contributed by atoms with van der Waals surface area (Å²) in [5.74, 6) is 0.397. The van der Waals surface area contributed by atoms with E-state index in [0.29, 0.717) is 29.8 Å². The lowest BCUT2D eigenvalue weighted by Gasteiger charge is -2.27. The smallest absolute Gasteiger partial charge is 0.151 e. The molecular weight excluding hydrogens is 293 g/mol. The highest BCUT2D eigenvalue weighted by Crippen LogP contribution is 2.24. The van der Waals surface area contributed by atoms with Gasteiger partial charge >= 0.3 is 0 Å². The highest BCUT2D eigenvalue weighted by Gasteiger charge is 2.18. The monoisotopic (exact) mass is 313 g/mol. The molecule has 23 heavy (non-hydrogen) atoms. The highest BCUT2D eigenvalue weighted by molar-refractivity contribution is 5.75. The van der Waals surface area contributed by atoms with Crippen LogP contribution in [0.3, 0.4) is 0 Å². The largest absolute Gasteiger partial charge is 0.396 e. The van der Waals surface area contributed by atoms with Crippen molar-refractivity contribution in [3.05, 3.63) is 65.7 Å². The molecular formula is C18H20FN3O. The predicted octanol–water partition coefficient (Wildman–Crippen LogP) is 3.26. The first-order chi connectivity index (χ1) is 11.2. The van der Waals surface area contributed by atoms with Gasteiger partial charge in [-0.15, -0.1) is 0 Å². The maximum Gasteiger partial charge on any atom is 0.151 e. The van der Waals surface area contributed by atoms with Crippen LogP contribution in [0.15, 0.2) is 48.5 Å². The van der Waals surface area contributed by atoms with Crippen LogP contribution in [-0.2, 0) is 6.54 Å². The van der Waals surface area contributed by atoms with Crippen LogP contribution in [0.4, 0.5) is 4.39 Å². The van der Waals surface area contributed by atoms with Gasteiger partial charge in [0.05, 0.1) is 12.1 Å². The van der Waals surface area contributed by atoms with Crippen molar-refractivity contribution in [2.75, 3.05) is 13.7 Å². The summed E-state index contributed by atoms with van der Waals surface area (Å²) in [5.41, 5.74) is 2.22. The average Bonchev–Trinajstić information content (AvgIpc) is 2.97. The van der Waals surface area contributed by atoms with E-state index in [1.807, 2.05) is 31.3 Å². The number of hydrogen-bond donors (Lipinski definition) is 2. The number of H-pyrrole nitrogens is 1. The molecule has 1 heterocycles. The lowest BCUT2D eigenvalue weighted by Crippen LogP contribution is -2.25. The number of nitrogens with zero attached hydrogens (tertiary/aromatic N) is 2. The number of benzene rings is 2. The molecule has 0 aliphatic heterocycles. The summed E-state index contributed by atoms with van der Waals surface area (Å²) in [6.07, 6.45) is 0.634. The number of imidazole rings is 1. The molecule has 0 spiro atoms. The van der Waals surface area contributed by atoms with Crippen molar-refractivity contribution in [2.24, 2.45) is 0 Å². The van der Waals surface area contributed by atoms with Gasteiger partial charge in [0, 0.05) is 12.6 Å². The van der Waals surface area contributed by atoms with Crippen LogP contribution in [0.5, 0.6) is 0 Å². The van der Waals surface area contributed by atoms with Crippen LogP contribution in [0.1, 0.15) is 23.9 Å². The Morgan fingerprint density at radius 1 is 1.17 bits per heavy atom. The molecule has 1 unspecified atom stereocenters. The van der Waals surface area contributed by atoms with E-state index in [9.17, 15) is 9.50 Å². The van der Waals surface area contributed by atoms with Crippen molar-refractivity contribution in [3.63, 3.8) is 0 Å². The van der Waals surface area contributed by atoms with E-state index in [2.05, 4.69) is 27.0 Å². The fraction of sp³-hybridized carbons (Fsp3) is 0.278. The van der Waals surface area contributed by atoms with Gasteiger partial charge in [0.25, 0.3) is 0 Å². The fourth-order valence-corrected chi connectivity index (χ4v) is 2.91. The number of aliphatic hydroxyl groups excluding tert-OH is 1. The standard InChI is InChI=1S/C18H20FN3O/c1-22(16(10-11-23)13-6-3-2-4-7-13)12-17-20-15-9-5-8-14(19)18(15)21-17/h2-9,16,23H,10-12H2,1H3,(H,20,21). The fourth-order valence-electron chi connectivity index (χ4n) is 2.91. The molecule has 0 aliphatic carbocycles. The number of halogens is 1. The van der Waals surface area contributed by atoms with Gasteiger partial charge < -0.3 is 10.1 Å². The van der Waals surface area contributed by atoms with E-state index >= 15 is 0 Å². The molecule has 0 fully saturated rings. The van der Waals surface area contributed by atoms with Crippen LogP contribution in [0.25, 0.3) is 11.0 Å². The van der Waals surface area contributed by atoms with Crippen LogP contribution in [0.2, 0.25) is 0 Å². The first kappa shape index (κ1) is 15.6. The van der Waals surface area contributed by atoms with Gasteiger partial charge in [0.2, 0.25) is 0 Å². The molecule has 3 aromatic rings. The highest BCUT2D eigenvalue weighted by atomic mass is 19.1. The second-order valence-electron chi connectivity index (χ2n) is 5.67. The minimum atomic E-state index is -0.317. The molecule has 0 saturated heterocycles. The Morgan fingerprint density at radius 3 is 2.65 bits per heavy atom. The molecule has 1 atom stereocenters. The van der Waals surface area contributed by atoms with Gasteiger partial charge in [0.15, 0.2) is 5.82 Å².